The van der Waals surface area contributed by atoms with Crippen molar-refractivity contribution in [2.75, 3.05) is 13.7 Å². The number of pyridine rings is 1. The van der Waals surface area contributed by atoms with Crippen LogP contribution in [-0.4, -0.2) is 18.6 Å². The molecule has 0 radical (unpaired) electrons. The lowest BCUT2D eigenvalue weighted by molar-refractivity contribution is 0.323. The molecule has 19 heavy (non-hydrogen) atoms. The van der Waals surface area contributed by atoms with E-state index in [-0.39, 0.29) is 5.54 Å². The van der Waals surface area contributed by atoms with Crippen LogP contribution in [0.5, 0.6) is 5.88 Å². The third kappa shape index (κ3) is 5.19. The van der Waals surface area contributed by atoms with Crippen molar-refractivity contribution in [3.05, 3.63) is 23.9 Å². The average Bonchev–Trinajstić information content (AvgIpc) is 2.33. The first kappa shape index (κ1) is 16.0. The number of nitrogens with one attached hydrogen (secondary N) is 1. The zero-order valence-electron chi connectivity index (χ0n) is 13.2. The van der Waals surface area contributed by atoms with Gasteiger partial charge in [-0.2, -0.15) is 0 Å². The molecule has 0 fully saturated rings. The number of ether oxygens (including phenoxy) is 1. The van der Waals surface area contributed by atoms with Crippen molar-refractivity contribution in [1.82, 2.24) is 10.3 Å². The number of rotatable bonds is 6. The summed E-state index contributed by atoms with van der Waals surface area (Å²) in [6.45, 7) is 12.2. The van der Waals surface area contributed by atoms with Gasteiger partial charge in [0.15, 0.2) is 0 Å². The zero-order valence-corrected chi connectivity index (χ0v) is 13.2. The lowest BCUT2D eigenvalue weighted by atomic mass is 9.90. The smallest absolute Gasteiger partial charge is 0.218 e. The summed E-state index contributed by atoms with van der Waals surface area (Å²) in [4.78, 5) is 4.27. The number of nitrogens with zero attached hydrogens (tertiary/aromatic N) is 1. The predicted molar refractivity (Wildman–Crippen MR) is 80.5 cm³/mol. The zero-order chi connectivity index (χ0) is 14.5. The molecule has 0 unspecified atom stereocenters. The van der Waals surface area contributed by atoms with Gasteiger partial charge in [0, 0.05) is 17.3 Å². The summed E-state index contributed by atoms with van der Waals surface area (Å²) in [5.41, 5.74) is 1.38. The molecule has 3 heteroatoms. The molecule has 1 heterocycles. The van der Waals surface area contributed by atoms with Crippen LogP contribution in [0.15, 0.2) is 18.3 Å². The van der Waals surface area contributed by atoms with Crippen LogP contribution in [0.3, 0.4) is 0 Å². The summed E-state index contributed by atoms with van der Waals surface area (Å²) in [7, 11) is 1.67. The van der Waals surface area contributed by atoms with Crippen molar-refractivity contribution in [2.45, 2.75) is 53.0 Å². The topological polar surface area (TPSA) is 34.1 Å². The van der Waals surface area contributed by atoms with E-state index in [2.05, 4.69) is 51.0 Å². The van der Waals surface area contributed by atoms with Gasteiger partial charge in [-0.05, 0) is 44.7 Å². The minimum absolute atomic E-state index is 0.127. The fraction of sp³-hybridized carbons (Fsp3) is 0.688. The van der Waals surface area contributed by atoms with Gasteiger partial charge < -0.3 is 10.1 Å². The van der Waals surface area contributed by atoms with Crippen molar-refractivity contribution < 1.29 is 4.74 Å². The molecule has 108 valence electrons. The average molecular weight is 264 g/mol. The van der Waals surface area contributed by atoms with Gasteiger partial charge in [-0.1, -0.05) is 26.8 Å². The second kappa shape index (κ2) is 6.38. The molecule has 1 aromatic heterocycles. The lowest BCUT2D eigenvalue weighted by Gasteiger charge is -2.28. The van der Waals surface area contributed by atoms with Crippen LogP contribution in [0.1, 0.15) is 53.0 Å². The fourth-order valence-electron chi connectivity index (χ4n) is 2.14. The number of methoxy groups -OCH3 is 1. The second-order valence-electron chi connectivity index (χ2n) is 6.78. The minimum Gasteiger partial charge on any atom is -0.481 e. The van der Waals surface area contributed by atoms with Gasteiger partial charge in [-0.25, -0.2) is 4.98 Å². The third-order valence-electron chi connectivity index (χ3n) is 3.31. The largest absolute Gasteiger partial charge is 0.481 e. The normalized spacial score (nSPS) is 12.5. The van der Waals surface area contributed by atoms with Gasteiger partial charge in [0.05, 0.1) is 7.11 Å². The van der Waals surface area contributed by atoms with Gasteiger partial charge in [0.2, 0.25) is 5.88 Å². The van der Waals surface area contributed by atoms with Crippen molar-refractivity contribution in [3.63, 3.8) is 0 Å². The summed E-state index contributed by atoms with van der Waals surface area (Å²) < 4.78 is 5.34. The Bertz CT molecular complexity index is 394. The van der Waals surface area contributed by atoms with Crippen LogP contribution in [0, 0.1) is 5.41 Å². The van der Waals surface area contributed by atoms with E-state index in [1.54, 1.807) is 13.3 Å². The Balaban J connectivity index is 2.60. The Morgan fingerprint density at radius 2 is 1.89 bits per heavy atom. The molecule has 0 aliphatic carbocycles. The van der Waals surface area contributed by atoms with Gasteiger partial charge >= 0.3 is 0 Å². The maximum atomic E-state index is 5.34. The lowest BCUT2D eigenvalue weighted by Crippen LogP contribution is -2.37. The summed E-state index contributed by atoms with van der Waals surface area (Å²) in [6, 6.07) is 4.03. The van der Waals surface area contributed by atoms with E-state index < -0.39 is 0 Å². The maximum absolute atomic E-state index is 5.34. The Morgan fingerprint density at radius 3 is 2.47 bits per heavy atom. The molecule has 0 amide bonds. The Kier molecular flexibility index (Phi) is 5.36. The van der Waals surface area contributed by atoms with Crippen LogP contribution < -0.4 is 10.1 Å². The standard InChI is InChI=1S/C16H28N2O/c1-15(2,3)10-8-12-18-16(4,5)13-9-7-11-17-14(13)19-6/h7,9,11,18H,8,10,12H2,1-6H3. The molecule has 1 rings (SSSR count). The van der Waals surface area contributed by atoms with Gasteiger partial charge in [-0.15, -0.1) is 0 Å². The highest BCUT2D eigenvalue weighted by molar-refractivity contribution is 5.31. The first-order valence-corrected chi connectivity index (χ1v) is 7.01. The van der Waals surface area contributed by atoms with E-state index in [4.69, 9.17) is 4.74 Å². The van der Waals surface area contributed by atoms with E-state index in [9.17, 15) is 0 Å². The summed E-state index contributed by atoms with van der Waals surface area (Å²) >= 11 is 0. The molecule has 0 aliphatic heterocycles. The van der Waals surface area contributed by atoms with Crippen LogP contribution in [0.4, 0.5) is 0 Å². The molecule has 0 aliphatic rings. The Labute approximate surface area is 117 Å². The SMILES string of the molecule is COc1ncccc1C(C)(C)NCCCC(C)(C)C. The van der Waals surface area contributed by atoms with Gasteiger partial charge in [0.1, 0.15) is 0 Å². The summed E-state index contributed by atoms with van der Waals surface area (Å²) in [6.07, 6.45) is 4.16. The van der Waals surface area contributed by atoms with Crippen molar-refractivity contribution in [2.24, 2.45) is 5.41 Å². The van der Waals surface area contributed by atoms with Crippen molar-refractivity contribution in [1.29, 1.82) is 0 Å². The fourth-order valence-corrected chi connectivity index (χ4v) is 2.14. The van der Waals surface area contributed by atoms with Gasteiger partial charge in [-0.3, -0.25) is 0 Å². The highest BCUT2D eigenvalue weighted by Crippen LogP contribution is 2.27. The first-order valence-electron chi connectivity index (χ1n) is 7.01. The van der Waals surface area contributed by atoms with Gasteiger partial charge in [0.25, 0.3) is 0 Å². The molecule has 0 saturated heterocycles. The highest BCUT2D eigenvalue weighted by Gasteiger charge is 2.24. The molecule has 0 aromatic carbocycles. The van der Waals surface area contributed by atoms with Crippen LogP contribution in [0.2, 0.25) is 0 Å². The molecule has 0 saturated carbocycles. The number of aromatic nitrogens is 1. The maximum Gasteiger partial charge on any atom is 0.218 e. The first-order chi connectivity index (χ1) is 8.76. The molecule has 0 atom stereocenters. The highest BCUT2D eigenvalue weighted by atomic mass is 16.5. The summed E-state index contributed by atoms with van der Waals surface area (Å²) in [5.74, 6) is 0.704. The van der Waals surface area contributed by atoms with Crippen LogP contribution >= 0.6 is 0 Å². The molecule has 1 N–H and O–H groups in total. The van der Waals surface area contributed by atoms with E-state index in [1.165, 1.54) is 12.8 Å². The van der Waals surface area contributed by atoms with Crippen LogP contribution in [0.25, 0.3) is 0 Å². The Morgan fingerprint density at radius 1 is 1.21 bits per heavy atom. The van der Waals surface area contributed by atoms with E-state index in [0.29, 0.717) is 11.3 Å². The molecule has 3 nitrogen and oxygen atoms in total. The number of hydrogen-bond acceptors (Lipinski definition) is 3. The summed E-state index contributed by atoms with van der Waals surface area (Å²) in [5, 5.41) is 3.60. The molecular formula is C16H28N2O. The molecular weight excluding hydrogens is 236 g/mol. The second-order valence-corrected chi connectivity index (χ2v) is 6.78. The van der Waals surface area contributed by atoms with E-state index in [1.807, 2.05) is 6.07 Å². The predicted octanol–water partition coefficient (Wildman–Crippen LogP) is 3.74. The third-order valence-corrected chi connectivity index (χ3v) is 3.31. The Hall–Kier alpha value is -1.09. The minimum atomic E-state index is -0.127. The van der Waals surface area contributed by atoms with Crippen molar-refractivity contribution in [3.8, 4) is 5.88 Å². The molecule has 0 spiro atoms. The van der Waals surface area contributed by atoms with E-state index in [0.717, 1.165) is 12.1 Å². The monoisotopic (exact) mass is 264 g/mol. The van der Waals surface area contributed by atoms with Crippen molar-refractivity contribution >= 4 is 0 Å². The quantitative estimate of drug-likeness (QED) is 0.795. The molecule has 1 aromatic rings. The number of hydrogen-bond donors (Lipinski definition) is 1. The van der Waals surface area contributed by atoms with E-state index >= 15 is 0 Å². The van der Waals surface area contributed by atoms with Crippen LogP contribution in [-0.2, 0) is 5.54 Å². The molecule has 0 bridgehead atoms.